The minimum atomic E-state index is 0.0981. The predicted molar refractivity (Wildman–Crippen MR) is 73.9 cm³/mol. The third-order valence-corrected chi connectivity index (χ3v) is 5.67. The van der Waals surface area contributed by atoms with Crippen molar-refractivity contribution in [1.29, 1.82) is 0 Å². The molecule has 2 amide bonds. The van der Waals surface area contributed by atoms with Crippen LogP contribution in [-0.2, 0) is 0 Å². The molecule has 4 atom stereocenters. The first-order chi connectivity index (χ1) is 9.34. The number of hydrazine groups is 1. The van der Waals surface area contributed by atoms with Gasteiger partial charge < -0.3 is 0 Å². The van der Waals surface area contributed by atoms with Crippen LogP contribution in [0.5, 0.6) is 0 Å². The first-order valence-corrected chi connectivity index (χ1v) is 7.41. The van der Waals surface area contributed by atoms with Gasteiger partial charge in [-0.2, -0.15) is 0 Å². The highest BCUT2D eigenvalue weighted by molar-refractivity contribution is 7.99. The summed E-state index contributed by atoms with van der Waals surface area (Å²) in [6.07, 6.45) is 5.78. The second kappa shape index (κ2) is 3.35. The van der Waals surface area contributed by atoms with Gasteiger partial charge in [0.05, 0.1) is 29.9 Å². The number of para-hydroxylation sites is 1. The molecule has 0 radical (unpaired) electrons. The van der Waals surface area contributed by atoms with Crippen molar-refractivity contribution in [3.63, 3.8) is 0 Å². The quantitative estimate of drug-likeness (QED) is 0.580. The van der Waals surface area contributed by atoms with Crippen LogP contribution in [0.1, 0.15) is 6.42 Å². The summed E-state index contributed by atoms with van der Waals surface area (Å²) in [7, 11) is 0. The largest absolute Gasteiger partial charge is 0.351 e. The van der Waals surface area contributed by atoms with E-state index in [1.165, 1.54) is 6.42 Å². The number of carbonyl (C=O) groups excluding carboxylic acids is 1. The smallest absolute Gasteiger partial charge is 0.245 e. The lowest BCUT2D eigenvalue weighted by atomic mass is 9.96. The van der Waals surface area contributed by atoms with Crippen molar-refractivity contribution in [2.45, 2.75) is 18.5 Å². The molecular formula is C14H13N3OS. The molecule has 1 aromatic rings. The molecule has 19 heavy (non-hydrogen) atoms. The molecule has 2 bridgehead atoms. The van der Waals surface area contributed by atoms with E-state index in [0.29, 0.717) is 12.0 Å². The topological polar surface area (TPSA) is 26.8 Å². The van der Waals surface area contributed by atoms with Crippen molar-refractivity contribution in [2.75, 3.05) is 4.31 Å². The molecule has 2 saturated heterocycles. The number of amides is 2. The van der Waals surface area contributed by atoms with E-state index in [1.54, 1.807) is 16.4 Å². The van der Waals surface area contributed by atoms with Crippen molar-refractivity contribution < 1.29 is 4.79 Å². The van der Waals surface area contributed by atoms with Gasteiger partial charge in [-0.25, -0.2) is 14.1 Å². The maximum absolute atomic E-state index is 12.6. The second-order valence-electron chi connectivity index (χ2n) is 5.57. The summed E-state index contributed by atoms with van der Waals surface area (Å²) in [6, 6.07) is 10.7. The van der Waals surface area contributed by atoms with Crippen LogP contribution >= 0.6 is 12.1 Å². The molecule has 3 aliphatic heterocycles. The maximum atomic E-state index is 12.6. The van der Waals surface area contributed by atoms with Gasteiger partial charge in [0, 0.05) is 0 Å². The number of anilines is 1. The second-order valence-corrected chi connectivity index (χ2v) is 6.47. The predicted octanol–water partition coefficient (Wildman–Crippen LogP) is 2.67. The van der Waals surface area contributed by atoms with Gasteiger partial charge >= 0.3 is 6.03 Å². The number of benzene rings is 1. The average Bonchev–Trinajstić information content (AvgIpc) is 3.20. The number of hydrogen-bond donors (Lipinski definition) is 0. The third-order valence-electron chi connectivity index (χ3n) is 4.55. The molecule has 0 spiro atoms. The van der Waals surface area contributed by atoms with Gasteiger partial charge in [-0.05, 0) is 30.4 Å². The van der Waals surface area contributed by atoms with E-state index in [9.17, 15) is 4.79 Å². The van der Waals surface area contributed by atoms with Crippen LogP contribution in [0.25, 0.3) is 0 Å². The Kier molecular flexibility index (Phi) is 1.82. The van der Waals surface area contributed by atoms with Crippen molar-refractivity contribution in [3.8, 4) is 0 Å². The molecule has 0 N–H and O–H groups in total. The SMILES string of the molecule is O=C1N(c2ccccc2)SN2[C@@H]3C=C[C@@H]([C@H]4C[C@@H]43)N12. The van der Waals surface area contributed by atoms with Gasteiger partial charge in [-0.3, -0.25) is 0 Å². The Hall–Kier alpha value is -1.46. The molecule has 0 unspecified atom stereocenters. The van der Waals surface area contributed by atoms with Crippen molar-refractivity contribution in [1.82, 2.24) is 9.42 Å². The van der Waals surface area contributed by atoms with Gasteiger partial charge in [0.1, 0.15) is 0 Å². The van der Waals surface area contributed by atoms with E-state index >= 15 is 0 Å². The Labute approximate surface area is 115 Å². The fourth-order valence-corrected chi connectivity index (χ4v) is 4.68. The third kappa shape index (κ3) is 1.22. The van der Waals surface area contributed by atoms with E-state index < -0.39 is 0 Å². The van der Waals surface area contributed by atoms with Gasteiger partial charge in [0.15, 0.2) is 0 Å². The minimum Gasteiger partial charge on any atom is -0.245 e. The number of urea groups is 1. The molecule has 5 heteroatoms. The maximum Gasteiger partial charge on any atom is 0.351 e. The standard InChI is InChI=1S/C14H13N3OS/c18-14-15-12-6-7-13(11-8-10(11)12)17(15)19-16(14)9-4-2-1-3-5-9/h1-7,10-13H,8H2/t10-,11-,12-,13+/m0/s1. The van der Waals surface area contributed by atoms with Crippen LogP contribution in [0, 0.1) is 11.8 Å². The zero-order valence-electron chi connectivity index (χ0n) is 10.2. The Morgan fingerprint density at radius 1 is 1.05 bits per heavy atom. The molecule has 3 fully saturated rings. The number of nitrogens with zero attached hydrogens (tertiary/aromatic N) is 3. The van der Waals surface area contributed by atoms with Gasteiger partial charge in [0.2, 0.25) is 0 Å². The van der Waals surface area contributed by atoms with Gasteiger partial charge in [-0.1, -0.05) is 30.4 Å². The lowest BCUT2D eigenvalue weighted by Gasteiger charge is -2.43. The summed E-state index contributed by atoms with van der Waals surface area (Å²) >= 11 is 1.54. The van der Waals surface area contributed by atoms with Gasteiger partial charge in [0.25, 0.3) is 0 Å². The first-order valence-electron chi connectivity index (χ1n) is 6.68. The Morgan fingerprint density at radius 2 is 1.79 bits per heavy atom. The molecule has 4 nitrogen and oxygen atoms in total. The van der Waals surface area contributed by atoms with Crippen molar-refractivity contribution in [3.05, 3.63) is 42.5 Å². The fraction of sp³-hybridized carbons (Fsp3) is 0.357. The van der Waals surface area contributed by atoms with Crippen LogP contribution in [0.3, 0.4) is 0 Å². The normalized spacial score (nSPS) is 38.6. The molecule has 5 aliphatic rings. The van der Waals surface area contributed by atoms with E-state index in [4.69, 9.17) is 0 Å². The van der Waals surface area contributed by atoms with E-state index in [2.05, 4.69) is 16.6 Å². The van der Waals surface area contributed by atoms with Crippen LogP contribution in [0.15, 0.2) is 42.5 Å². The lowest BCUT2D eigenvalue weighted by Crippen LogP contribution is -2.56. The van der Waals surface area contributed by atoms with E-state index in [0.717, 1.165) is 11.6 Å². The molecule has 6 rings (SSSR count). The minimum absolute atomic E-state index is 0.0981. The molecule has 96 valence electrons. The van der Waals surface area contributed by atoms with E-state index in [1.807, 2.05) is 35.3 Å². The average molecular weight is 271 g/mol. The number of hydrogen-bond acceptors (Lipinski definition) is 3. The summed E-state index contributed by atoms with van der Waals surface area (Å²) in [6.45, 7) is 0. The molecule has 0 aromatic heterocycles. The lowest BCUT2D eigenvalue weighted by molar-refractivity contribution is 0.0205. The summed E-state index contributed by atoms with van der Waals surface area (Å²) in [4.78, 5) is 12.6. The summed E-state index contributed by atoms with van der Waals surface area (Å²) < 4.78 is 3.98. The number of carbonyl (C=O) groups is 1. The van der Waals surface area contributed by atoms with E-state index in [-0.39, 0.29) is 12.1 Å². The van der Waals surface area contributed by atoms with Crippen molar-refractivity contribution in [2.24, 2.45) is 11.8 Å². The van der Waals surface area contributed by atoms with Gasteiger partial charge in [-0.15, -0.1) is 4.41 Å². The zero-order valence-corrected chi connectivity index (χ0v) is 11.0. The molecule has 1 saturated carbocycles. The Morgan fingerprint density at radius 3 is 2.63 bits per heavy atom. The Bertz CT molecular complexity index is 590. The monoisotopic (exact) mass is 271 g/mol. The van der Waals surface area contributed by atoms with Crippen molar-refractivity contribution >= 4 is 23.9 Å². The summed E-state index contributed by atoms with van der Waals surface area (Å²) in [5.41, 5.74) is 0.958. The molecular weight excluding hydrogens is 258 g/mol. The highest BCUT2D eigenvalue weighted by atomic mass is 32.2. The molecule has 1 aromatic carbocycles. The zero-order chi connectivity index (χ0) is 12.6. The highest BCUT2D eigenvalue weighted by Gasteiger charge is 2.63. The summed E-state index contributed by atoms with van der Waals surface area (Å²) in [5.74, 6) is 1.47. The molecule has 2 aliphatic carbocycles. The van der Waals surface area contributed by atoms with Crippen LogP contribution in [0.4, 0.5) is 10.5 Å². The molecule has 3 heterocycles. The Balaban J connectivity index is 1.54. The van der Waals surface area contributed by atoms with Crippen LogP contribution in [-0.4, -0.2) is 27.5 Å². The summed E-state index contributed by atoms with van der Waals surface area (Å²) in [5, 5.41) is 1.95. The number of rotatable bonds is 1. The fourth-order valence-electron chi connectivity index (χ4n) is 3.55. The van der Waals surface area contributed by atoms with Crippen LogP contribution in [0.2, 0.25) is 0 Å². The van der Waals surface area contributed by atoms with Crippen LogP contribution < -0.4 is 4.31 Å². The highest BCUT2D eigenvalue weighted by Crippen LogP contribution is 2.58. The first kappa shape index (κ1) is 10.3.